The monoisotopic (exact) mass is 457 g/mol. The van der Waals surface area contributed by atoms with Gasteiger partial charge >= 0.3 is 11.8 Å². The first-order chi connectivity index (χ1) is 16.3. The summed E-state index contributed by atoms with van der Waals surface area (Å²) in [5.74, 6) is 1.20. The standard InChI is InChI=1S/C27H31N5O2/c1-15(2)23-21-14-19(6-7-22(21)29-24(23)20-12-17(4)28-18(5)13-20)25-30-31-26(34-25)27(33)32-10-8-16(3)9-11-32/h6-7,12-16,29H,8-11H2,1-5H3. The summed E-state index contributed by atoms with van der Waals surface area (Å²) in [6, 6.07) is 10.3. The Morgan fingerprint density at radius 3 is 2.44 bits per heavy atom. The van der Waals surface area contributed by atoms with Crippen molar-refractivity contribution in [2.75, 3.05) is 13.1 Å². The Bertz CT molecular complexity index is 1340. The number of nitrogens with one attached hydrogen (secondary N) is 1. The van der Waals surface area contributed by atoms with Gasteiger partial charge in [0, 0.05) is 46.5 Å². The molecule has 0 unspecified atom stereocenters. The van der Waals surface area contributed by atoms with Crippen molar-refractivity contribution in [3.63, 3.8) is 0 Å². The Morgan fingerprint density at radius 2 is 1.76 bits per heavy atom. The molecule has 1 saturated heterocycles. The molecular formula is C27H31N5O2. The van der Waals surface area contributed by atoms with E-state index < -0.39 is 0 Å². The van der Waals surface area contributed by atoms with Gasteiger partial charge in [-0.05, 0) is 74.4 Å². The van der Waals surface area contributed by atoms with Crippen molar-refractivity contribution in [1.29, 1.82) is 0 Å². The summed E-state index contributed by atoms with van der Waals surface area (Å²) in [5, 5.41) is 9.39. The Balaban J connectivity index is 1.51. The van der Waals surface area contributed by atoms with E-state index in [9.17, 15) is 4.79 Å². The smallest absolute Gasteiger partial charge is 0.311 e. The maximum Gasteiger partial charge on any atom is 0.311 e. The number of carbonyl (C=O) groups is 1. The van der Waals surface area contributed by atoms with Crippen molar-refractivity contribution in [3.05, 3.63) is 53.2 Å². The number of amides is 1. The number of pyridine rings is 1. The molecule has 0 spiro atoms. The van der Waals surface area contributed by atoms with E-state index >= 15 is 0 Å². The number of benzene rings is 1. The highest BCUT2D eigenvalue weighted by Crippen LogP contribution is 2.37. The predicted molar refractivity (Wildman–Crippen MR) is 133 cm³/mol. The molecular weight excluding hydrogens is 426 g/mol. The molecule has 4 heterocycles. The van der Waals surface area contributed by atoms with E-state index in [1.807, 2.05) is 30.9 Å². The second-order valence-corrected chi connectivity index (χ2v) is 9.85. The number of aromatic nitrogens is 4. The molecule has 0 radical (unpaired) electrons. The van der Waals surface area contributed by atoms with Gasteiger partial charge in [0.25, 0.3) is 0 Å². The minimum atomic E-state index is -0.179. The van der Waals surface area contributed by atoms with Crippen LogP contribution in [0.2, 0.25) is 0 Å². The number of carbonyl (C=O) groups excluding carboxylic acids is 1. The van der Waals surface area contributed by atoms with Gasteiger partial charge in [0.2, 0.25) is 5.89 Å². The average Bonchev–Trinajstić information content (AvgIpc) is 3.43. The van der Waals surface area contributed by atoms with Gasteiger partial charge < -0.3 is 14.3 Å². The van der Waals surface area contributed by atoms with Gasteiger partial charge in [0.05, 0.1) is 5.69 Å². The van der Waals surface area contributed by atoms with E-state index in [0.717, 1.165) is 65.0 Å². The highest BCUT2D eigenvalue weighted by Gasteiger charge is 2.26. The van der Waals surface area contributed by atoms with E-state index in [0.29, 0.717) is 17.7 Å². The Kier molecular flexibility index (Phi) is 5.71. The fourth-order valence-corrected chi connectivity index (χ4v) is 4.93. The van der Waals surface area contributed by atoms with Gasteiger partial charge in [0.15, 0.2) is 0 Å². The van der Waals surface area contributed by atoms with Crippen LogP contribution in [0.15, 0.2) is 34.7 Å². The second-order valence-electron chi connectivity index (χ2n) is 9.85. The van der Waals surface area contributed by atoms with Crippen LogP contribution in [-0.2, 0) is 0 Å². The van der Waals surface area contributed by atoms with Crippen LogP contribution in [0.25, 0.3) is 33.6 Å². The number of hydrogen-bond donors (Lipinski definition) is 1. The number of nitrogens with zero attached hydrogens (tertiary/aromatic N) is 4. The number of rotatable bonds is 4. The van der Waals surface area contributed by atoms with Gasteiger partial charge in [-0.2, -0.15) is 0 Å². The summed E-state index contributed by atoms with van der Waals surface area (Å²) < 4.78 is 5.85. The average molecular weight is 458 g/mol. The maximum atomic E-state index is 12.8. The molecule has 1 amide bonds. The molecule has 1 fully saturated rings. The molecule has 5 rings (SSSR count). The maximum absolute atomic E-state index is 12.8. The van der Waals surface area contributed by atoms with Crippen molar-refractivity contribution in [1.82, 2.24) is 25.1 Å². The van der Waals surface area contributed by atoms with E-state index in [1.165, 1.54) is 5.56 Å². The van der Waals surface area contributed by atoms with Crippen LogP contribution in [0, 0.1) is 19.8 Å². The zero-order valence-electron chi connectivity index (χ0n) is 20.5. The molecule has 1 N–H and O–H groups in total. The van der Waals surface area contributed by atoms with Crippen molar-refractivity contribution < 1.29 is 9.21 Å². The first-order valence-corrected chi connectivity index (χ1v) is 12.0. The third-order valence-electron chi connectivity index (χ3n) is 6.71. The number of aryl methyl sites for hydroxylation is 2. The lowest BCUT2D eigenvalue weighted by atomic mass is 9.95. The summed E-state index contributed by atoms with van der Waals surface area (Å²) >= 11 is 0. The number of fused-ring (bicyclic) bond motifs is 1. The fourth-order valence-electron chi connectivity index (χ4n) is 4.93. The van der Waals surface area contributed by atoms with Gasteiger partial charge in [-0.1, -0.05) is 20.8 Å². The van der Waals surface area contributed by atoms with Crippen LogP contribution in [0.5, 0.6) is 0 Å². The van der Waals surface area contributed by atoms with Gasteiger partial charge in [-0.25, -0.2) is 0 Å². The molecule has 7 nitrogen and oxygen atoms in total. The summed E-state index contributed by atoms with van der Waals surface area (Å²) in [7, 11) is 0. The van der Waals surface area contributed by atoms with Crippen LogP contribution < -0.4 is 0 Å². The molecule has 34 heavy (non-hydrogen) atoms. The normalized spacial score (nSPS) is 14.9. The third-order valence-corrected chi connectivity index (χ3v) is 6.71. The largest absolute Gasteiger partial charge is 0.412 e. The topological polar surface area (TPSA) is 87.9 Å². The van der Waals surface area contributed by atoms with Gasteiger partial charge in [-0.15, -0.1) is 10.2 Å². The number of H-pyrrole nitrogens is 1. The lowest BCUT2D eigenvalue weighted by Gasteiger charge is -2.29. The lowest BCUT2D eigenvalue weighted by Crippen LogP contribution is -2.38. The first-order valence-electron chi connectivity index (χ1n) is 12.0. The van der Waals surface area contributed by atoms with Crippen molar-refractivity contribution in [2.45, 2.75) is 53.4 Å². The molecule has 3 aromatic heterocycles. The Hall–Kier alpha value is -3.48. The number of hydrogen-bond acceptors (Lipinski definition) is 5. The lowest BCUT2D eigenvalue weighted by molar-refractivity contribution is 0.0657. The van der Waals surface area contributed by atoms with E-state index in [1.54, 1.807) is 0 Å². The summed E-state index contributed by atoms with van der Waals surface area (Å²) in [6.07, 6.45) is 2.02. The van der Waals surface area contributed by atoms with Crippen molar-refractivity contribution in [2.24, 2.45) is 5.92 Å². The van der Waals surface area contributed by atoms with Crippen LogP contribution in [0.1, 0.15) is 67.2 Å². The van der Waals surface area contributed by atoms with E-state index in [2.05, 4.69) is 59.1 Å². The highest BCUT2D eigenvalue weighted by atomic mass is 16.4. The molecule has 0 aliphatic carbocycles. The number of aromatic amines is 1. The molecule has 7 heteroatoms. The van der Waals surface area contributed by atoms with E-state index in [4.69, 9.17) is 4.42 Å². The summed E-state index contributed by atoms with van der Waals surface area (Å²) in [5.41, 5.74) is 7.32. The Labute approximate surface area is 199 Å². The molecule has 0 atom stereocenters. The minimum absolute atomic E-state index is 0.0613. The van der Waals surface area contributed by atoms with Crippen LogP contribution in [0.3, 0.4) is 0 Å². The van der Waals surface area contributed by atoms with E-state index in [-0.39, 0.29) is 11.8 Å². The predicted octanol–water partition coefficient (Wildman–Crippen LogP) is 5.89. The SMILES string of the molecule is Cc1cc(-c2[nH]c3ccc(-c4nnc(C(=O)N5CCC(C)CC5)o4)cc3c2C(C)C)cc(C)n1. The number of piperidine rings is 1. The zero-order valence-corrected chi connectivity index (χ0v) is 20.5. The molecule has 176 valence electrons. The minimum Gasteiger partial charge on any atom is -0.412 e. The third kappa shape index (κ3) is 4.11. The molecule has 1 aliphatic rings. The zero-order chi connectivity index (χ0) is 24.0. The molecule has 0 bridgehead atoms. The first kappa shape index (κ1) is 22.3. The number of likely N-dealkylation sites (tertiary alicyclic amines) is 1. The van der Waals surface area contributed by atoms with Crippen LogP contribution in [-0.4, -0.2) is 44.1 Å². The summed E-state index contributed by atoms with van der Waals surface area (Å²) in [4.78, 5) is 22.8. The molecule has 1 aromatic carbocycles. The molecule has 4 aromatic rings. The molecule has 1 aliphatic heterocycles. The van der Waals surface area contributed by atoms with Crippen LogP contribution >= 0.6 is 0 Å². The van der Waals surface area contributed by atoms with Gasteiger partial charge in [0.1, 0.15) is 0 Å². The van der Waals surface area contributed by atoms with Crippen molar-refractivity contribution >= 4 is 16.8 Å². The summed E-state index contributed by atoms with van der Waals surface area (Å²) in [6.45, 7) is 12.1. The molecule has 0 saturated carbocycles. The Morgan fingerprint density at radius 1 is 1.06 bits per heavy atom. The quantitative estimate of drug-likeness (QED) is 0.413. The highest BCUT2D eigenvalue weighted by molar-refractivity contribution is 5.94. The van der Waals surface area contributed by atoms with Gasteiger partial charge in [-0.3, -0.25) is 9.78 Å². The fraction of sp³-hybridized carbons (Fsp3) is 0.407. The van der Waals surface area contributed by atoms with Crippen molar-refractivity contribution in [3.8, 4) is 22.7 Å². The van der Waals surface area contributed by atoms with Crippen LogP contribution in [0.4, 0.5) is 0 Å². The second kappa shape index (κ2) is 8.70.